The standard InChI is InChI=1S/C13H24N2O5S/c1-4-13(11(16)17)5-7-15(8-6-13)12(18)14-10(2)9-21(3,19)20/h10H,4-9H2,1-3H3,(H,14,18)(H,16,17). The minimum Gasteiger partial charge on any atom is -0.481 e. The van der Waals surface area contributed by atoms with Crippen LogP contribution in [0.25, 0.3) is 0 Å². The SMILES string of the molecule is CCC1(C(=O)O)CCN(C(=O)NC(C)CS(C)(=O)=O)CC1. The fourth-order valence-corrected chi connectivity index (χ4v) is 3.65. The molecule has 2 amide bonds. The van der Waals surface area contributed by atoms with E-state index >= 15 is 0 Å². The topological polar surface area (TPSA) is 104 Å². The van der Waals surface area contributed by atoms with Crippen molar-refractivity contribution in [2.45, 2.75) is 39.2 Å². The van der Waals surface area contributed by atoms with E-state index < -0.39 is 27.3 Å². The van der Waals surface area contributed by atoms with E-state index in [1.807, 2.05) is 6.92 Å². The first-order valence-corrected chi connectivity index (χ1v) is 9.12. The number of sulfone groups is 1. The van der Waals surface area contributed by atoms with Gasteiger partial charge in [-0.2, -0.15) is 0 Å². The molecule has 1 rings (SSSR count). The predicted molar refractivity (Wildman–Crippen MR) is 78.9 cm³/mol. The van der Waals surface area contributed by atoms with Crippen molar-refractivity contribution in [3.63, 3.8) is 0 Å². The van der Waals surface area contributed by atoms with E-state index in [1.165, 1.54) is 0 Å². The lowest BCUT2D eigenvalue weighted by Gasteiger charge is -2.38. The number of rotatable bonds is 5. The zero-order chi connectivity index (χ0) is 16.3. The molecule has 0 aromatic carbocycles. The summed E-state index contributed by atoms with van der Waals surface area (Å²) >= 11 is 0. The van der Waals surface area contributed by atoms with Crippen LogP contribution in [0.4, 0.5) is 4.79 Å². The molecule has 1 saturated heterocycles. The highest BCUT2D eigenvalue weighted by Crippen LogP contribution is 2.35. The highest BCUT2D eigenvalue weighted by Gasteiger charge is 2.40. The minimum atomic E-state index is -3.14. The summed E-state index contributed by atoms with van der Waals surface area (Å²) in [4.78, 5) is 24.9. The van der Waals surface area contributed by atoms with Crippen LogP contribution < -0.4 is 5.32 Å². The Bertz CT molecular complexity index is 495. The fraction of sp³-hybridized carbons (Fsp3) is 0.846. The molecule has 0 aromatic rings. The number of piperidine rings is 1. The summed E-state index contributed by atoms with van der Waals surface area (Å²) in [6.07, 6.45) is 2.51. The number of hydrogen-bond donors (Lipinski definition) is 2. The number of nitrogens with one attached hydrogen (secondary N) is 1. The number of amides is 2. The third-order valence-corrected chi connectivity index (χ3v) is 5.17. The van der Waals surface area contributed by atoms with Crippen molar-refractivity contribution in [2.24, 2.45) is 5.41 Å². The molecule has 1 heterocycles. The molecule has 1 fully saturated rings. The van der Waals surface area contributed by atoms with Gasteiger partial charge in [0.05, 0.1) is 11.2 Å². The van der Waals surface area contributed by atoms with Gasteiger partial charge in [0.1, 0.15) is 9.84 Å². The molecule has 0 aromatic heterocycles. The first-order valence-electron chi connectivity index (χ1n) is 7.06. The highest BCUT2D eigenvalue weighted by atomic mass is 32.2. The zero-order valence-electron chi connectivity index (χ0n) is 12.8. The van der Waals surface area contributed by atoms with Gasteiger partial charge in [-0.15, -0.1) is 0 Å². The predicted octanol–water partition coefficient (Wildman–Crippen LogP) is 0.706. The van der Waals surface area contributed by atoms with Crippen LogP contribution in [0.2, 0.25) is 0 Å². The summed E-state index contributed by atoms with van der Waals surface area (Å²) in [5.41, 5.74) is -0.741. The summed E-state index contributed by atoms with van der Waals surface area (Å²) in [7, 11) is -3.14. The van der Waals surface area contributed by atoms with Gasteiger partial charge < -0.3 is 15.3 Å². The molecule has 8 heteroatoms. The average molecular weight is 320 g/mol. The number of carboxylic acids is 1. The van der Waals surface area contributed by atoms with Gasteiger partial charge in [0, 0.05) is 25.4 Å². The van der Waals surface area contributed by atoms with E-state index in [0.29, 0.717) is 32.4 Å². The van der Waals surface area contributed by atoms with E-state index in [0.717, 1.165) is 6.26 Å². The molecular formula is C13H24N2O5S. The van der Waals surface area contributed by atoms with Crippen LogP contribution in [0.5, 0.6) is 0 Å². The van der Waals surface area contributed by atoms with E-state index in [9.17, 15) is 23.1 Å². The van der Waals surface area contributed by atoms with Crippen molar-refractivity contribution in [3.8, 4) is 0 Å². The second-order valence-electron chi connectivity index (χ2n) is 5.87. The van der Waals surface area contributed by atoms with Gasteiger partial charge in [-0.1, -0.05) is 6.92 Å². The summed E-state index contributed by atoms with van der Waals surface area (Å²) < 4.78 is 22.3. The van der Waals surface area contributed by atoms with Crippen LogP contribution in [0, 0.1) is 5.41 Å². The van der Waals surface area contributed by atoms with E-state index in [-0.39, 0.29) is 11.8 Å². The van der Waals surface area contributed by atoms with Crippen LogP contribution in [0.15, 0.2) is 0 Å². The fourth-order valence-electron chi connectivity index (χ4n) is 2.65. The van der Waals surface area contributed by atoms with Crippen LogP contribution >= 0.6 is 0 Å². The van der Waals surface area contributed by atoms with Gasteiger partial charge in [0.25, 0.3) is 0 Å². The van der Waals surface area contributed by atoms with Gasteiger partial charge >= 0.3 is 12.0 Å². The maximum Gasteiger partial charge on any atom is 0.317 e. The Balaban J connectivity index is 2.54. The largest absolute Gasteiger partial charge is 0.481 e. The van der Waals surface area contributed by atoms with Gasteiger partial charge in [0.15, 0.2) is 0 Å². The molecule has 0 spiro atoms. The van der Waals surface area contributed by atoms with Crippen molar-refractivity contribution in [1.82, 2.24) is 10.2 Å². The summed E-state index contributed by atoms with van der Waals surface area (Å²) in [6.45, 7) is 4.23. The number of carboxylic acid groups (broad SMARTS) is 1. The molecule has 0 saturated carbocycles. The smallest absolute Gasteiger partial charge is 0.317 e. The number of aliphatic carboxylic acids is 1. The zero-order valence-corrected chi connectivity index (χ0v) is 13.6. The van der Waals surface area contributed by atoms with Crippen molar-refractivity contribution < 1.29 is 23.1 Å². The molecule has 7 nitrogen and oxygen atoms in total. The molecule has 1 atom stereocenters. The summed E-state index contributed by atoms with van der Waals surface area (Å²) in [6, 6.07) is -0.800. The van der Waals surface area contributed by atoms with E-state index in [1.54, 1.807) is 11.8 Å². The van der Waals surface area contributed by atoms with Crippen molar-refractivity contribution in [2.75, 3.05) is 25.1 Å². The Labute approximate surface area is 125 Å². The van der Waals surface area contributed by atoms with Crippen LogP contribution in [-0.4, -0.2) is 61.6 Å². The molecular weight excluding hydrogens is 296 g/mol. The number of nitrogens with zero attached hydrogens (tertiary/aromatic N) is 1. The highest BCUT2D eigenvalue weighted by molar-refractivity contribution is 7.90. The first kappa shape index (κ1) is 17.7. The molecule has 0 aliphatic carbocycles. The molecule has 0 radical (unpaired) electrons. The minimum absolute atomic E-state index is 0.111. The number of carbonyl (C=O) groups is 2. The molecule has 1 aliphatic rings. The summed E-state index contributed by atoms with van der Waals surface area (Å²) in [5, 5.41) is 11.9. The first-order chi connectivity index (χ1) is 9.59. The molecule has 1 aliphatic heterocycles. The second kappa shape index (κ2) is 6.64. The number of carbonyl (C=O) groups excluding carboxylic acids is 1. The molecule has 1 unspecified atom stereocenters. The van der Waals surface area contributed by atoms with Crippen molar-refractivity contribution in [1.29, 1.82) is 0 Å². The quantitative estimate of drug-likeness (QED) is 0.776. The Kier molecular flexibility index (Phi) is 5.61. The lowest BCUT2D eigenvalue weighted by Crippen LogP contribution is -2.51. The lowest BCUT2D eigenvalue weighted by atomic mass is 9.76. The molecule has 122 valence electrons. The third-order valence-electron chi connectivity index (χ3n) is 4.06. The van der Waals surface area contributed by atoms with Crippen molar-refractivity contribution in [3.05, 3.63) is 0 Å². The number of urea groups is 1. The molecule has 21 heavy (non-hydrogen) atoms. The second-order valence-corrected chi connectivity index (χ2v) is 8.05. The summed E-state index contributed by atoms with van der Waals surface area (Å²) in [5.74, 6) is -0.920. The lowest BCUT2D eigenvalue weighted by molar-refractivity contribution is -0.151. The van der Waals surface area contributed by atoms with Gasteiger partial charge in [-0.05, 0) is 26.2 Å². The van der Waals surface area contributed by atoms with Crippen molar-refractivity contribution >= 4 is 21.8 Å². The van der Waals surface area contributed by atoms with E-state index in [4.69, 9.17) is 0 Å². The maximum atomic E-state index is 12.0. The Morgan fingerprint density at radius 1 is 1.33 bits per heavy atom. The molecule has 0 bridgehead atoms. The van der Waals surface area contributed by atoms with Gasteiger partial charge in [0.2, 0.25) is 0 Å². The average Bonchev–Trinajstić information content (AvgIpc) is 2.36. The van der Waals surface area contributed by atoms with E-state index in [2.05, 4.69) is 5.32 Å². The van der Waals surface area contributed by atoms with Gasteiger partial charge in [-0.3, -0.25) is 4.79 Å². The number of hydrogen-bond acceptors (Lipinski definition) is 4. The normalized spacial score (nSPS) is 19.9. The van der Waals surface area contributed by atoms with Crippen LogP contribution in [0.3, 0.4) is 0 Å². The van der Waals surface area contributed by atoms with Gasteiger partial charge in [-0.25, -0.2) is 13.2 Å². The molecule has 2 N–H and O–H groups in total. The third kappa shape index (κ3) is 4.87. The number of likely N-dealkylation sites (tertiary alicyclic amines) is 1. The Morgan fingerprint density at radius 3 is 2.24 bits per heavy atom. The Hall–Kier alpha value is -1.31. The van der Waals surface area contributed by atoms with Crippen LogP contribution in [0.1, 0.15) is 33.1 Å². The van der Waals surface area contributed by atoms with Crippen LogP contribution in [-0.2, 0) is 14.6 Å². The Morgan fingerprint density at radius 2 is 1.86 bits per heavy atom. The monoisotopic (exact) mass is 320 g/mol. The maximum absolute atomic E-state index is 12.0.